The van der Waals surface area contributed by atoms with Gasteiger partial charge in [-0.1, -0.05) is 25.3 Å². The van der Waals surface area contributed by atoms with E-state index in [1.807, 2.05) is 0 Å². The first-order valence-electron chi connectivity index (χ1n) is 9.89. The Morgan fingerprint density at radius 1 is 1.23 bits per heavy atom. The van der Waals surface area contributed by atoms with Crippen LogP contribution in [0.2, 0.25) is 0 Å². The van der Waals surface area contributed by atoms with Gasteiger partial charge in [0, 0.05) is 6.04 Å². The molecule has 8 nitrogen and oxygen atoms in total. The highest BCUT2D eigenvalue weighted by Gasteiger charge is 2.40. The molecule has 0 unspecified atom stereocenters. The molecule has 1 N–H and O–H groups in total. The Morgan fingerprint density at radius 3 is 2.63 bits per heavy atom. The van der Waals surface area contributed by atoms with Gasteiger partial charge in [-0.15, -0.1) is 0 Å². The first kappa shape index (κ1) is 22.0. The number of benzene rings is 1. The monoisotopic (exact) mass is 478 g/mol. The maximum Gasteiger partial charge on any atom is 0.344 e. The second-order valence-electron chi connectivity index (χ2n) is 7.07. The second-order valence-corrected chi connectivity index (χ2v) is 7.92. The third-order valence-corrected chi connectivity index (χ3v) is 5.61. The topological polar surface area (TPSA) is 102 Å². The normalized spacial score (nSPS) is 19.1. The molecule has 1 aromatic rings. The van der Waals surface area contributed by atoms with Crippen molar-refractivity contribution in [3.63, 3.8) is 0 Å². The number of barbiturate groups is 1. The number of carbonyl (C=O) groups excluding carboxylic acids is 4. The molecule has 30 heavy (non-hydrogen) atoms. The molecule has 160 valence electrons. The molecule has 1 heterocycles. The summed E-state index contributed by atoms with van der Waals surface area (Å²) in [5.41, 5.74) is 0.481. The van der Waals surface area contributed by atoms with Crippen LogP contribution in [-0.2, 0) is 19.1 Å². The van der Waals surface area contributed by atoms with Gasteiger partial charge in [0.15, 0.2) is 6.61 Å². The maximum absolute atomic E-state index is 12.9. The van der Waals surface area contributed by atoms with Gasteiger partial charge in [-0.05, 0) is 59.5 Å². The number of nitrogens with zero attached hydrogens (tertiary/aromatic N) is 1. The van der Waals surface area contributed by atoms with Gasteiger partial charge in [0.25, 0.3) is 11.8 Å². The van der Waals surface area contributed by atoms with Crippen LogP contribution in [0.5, 0.6) is 5.75 Å². The van der Waals surface area contributed by atoms with Gasteiger partial charge in [-0.2, -0.15) is 0 Å². The third-order valence-electron chi connectivity index (χ3n) is 4.99. The second kappa shape index (κ2) is 9.88. The number of urea groups is 1. The summed E-state index contributed by atoms with van der Waals surface area (Å²) < 4.78 is 10.8. The van der Waals surface area contributed by atoms with Gasteiger partial charge in [0.1, 0.15) is 11.3 Å². The molecule has 9 heteroatoms. The highest BCUT2D eigenvalue weighted by molar-refractivity contribution is 9.10. The molecule has 1 aromatic carbocycles. The first-order chi connectivity index (χ1) is 14.4. The van der Waals surface area contributed by atoms with E-state index in [9.17, 15) is 19.2 Å². The zero-order valence-electron chi connectivity index (χ0n) is 16.6. The number of esters is 1. The first-order valence-corrected chi connectivity index (χ1v) is 10.7. The van der Waals surface area contributed by atoms with Crippen molar-refractivity contribution in [2.24, 2.45) is 0 Å². The van der Waals surface area contributed by atoms with Crippen molar-refractivity contribution in [2.75, 3.05) is 13.2 Å². The van der Waals surface area contributed by atoms with Gasteiger partial charge < -0.3 is 9.47 Å². The zero-order valence-corrected chi connectivity index (χ0v) is 18.2. The number of halogens is 1. The summed E-state index contributed by atoms with van der Waals surface area (Å²) in [4.78, 5) is 50.1. The standard InChI is InChI=1S/C21H23BrN2O6/c1-2-29-18(25)12-30-17-9-8-13(11-16(17)22)10-15-19(26)23-21(28)24(20(15)27)14-6-4-3-5-7-14/h8-11,14H,2-7,12H2,1H3,(H,23,26,28). The lowest BCUT2D eigenvalue weighted by molar-refractivity contribution is -0.145. The van der Waals surface area contributed by atoms with E-state index in [4.69, 9.17) is 9.47 Å². The molecule has 1 aliphatic heterocycles. The molecule has 3 rings (SSSR count). The van der Waals surface area contributed by atoms with E-state index in [1.54, 1.807) is 25.1 Å². The van der Waals surface area contributed by atoms with Crippen LogP contribution in [0.3, 0.4) is 0 Å². The van der Waals surface area contributed by atoms with Crippen LogP contribution in [0.15, 0.2) is 28.2 Å². The van der Waals surface area contributed by atoms with Crippen LogP contribution >= 0.6 is 15.9 Å². The SMILES string of the molecule is CCOC(=O)COc1ccc(C=C2C(=O)NC(=O)N(C3CCCCC3)C2=O)cc1Br. The van der Waals surface area contributed by atoms with Crippen molar-refractivity contribution < 1.29 is 28.7 Å². The van der Waals surface area contributed by atoms with E-state index in [-0.39, 0.29) is 24.8 Å². The molecular weight excluding hydrogens is 456 g/mol. The summed E-state index contributed by atoms with van der Waals surface area (Å²) in [7, 11) is 0. The van der Waals surface area contributed by atoms with Crippen LogP contribution in [0.4, 0.5) is 4.79 Å². The lowest BCUT2D eigenvalue weighted by Crippen LogP contribution is -2.58. The highest BCUT2D eigenvalue weighted by Crippen LogP contribution is 2.29. The van der Waals surface area contributed by atoms with Gasteiger partial charge >= 0.3 is 12.0 Å². The lowest BCUT2D eigenvalue weighted by Gasteiger charge is -2.35. The fourth-order valence-electron chi connectivity index (χ4n) is 3.57. The number of carbonyl (C=O) groups is 4. The van der Waals surface area contributed by atoms with E-state index in [0.717, 1.165) is 32.1 Å². The van der Waals surface area contributed by atoms with Crippen molar-refractivity contribution in [2.45, 2.75) is 45.1 Å². The minimum Gasteiger partial charge on any atom is -0.481 e. The molecular formula is C21H23BrN2O6. The van der Waals surface area contributed by atoms with Crippen LogP contribution in [-0.4, -0.2) is 48.0 Å². The average molecular weight is 479 g/mol. The molecule has 0 aromatic heterocycles. The quantitative estimate of drug-likeness (QED) is 0.382. The minimum absolute atomic E-state index is 0.0905. The number of imide groups is 2. The fourth-order valence-corrected chi connectivity index (χ4v) is 4.08. The molecule has 2 fully saturated rings. The van der Waals surface area contributed by atoms with Crippen LogP contribution in [0.1, 0.15) is 44.6 Å². The van der Waals surface area contributed by atoms with E-state index >= 15 is 0 Å². The summed E-state index contributed by atoms with van der Waals surface area (Å²) in [6, 6.07) is 4.09. The summed E-state index contributed by atoms with van der Waals surface area (Å²) in [6.07, 6.45) is 5.93. The smallest absolute Gasteiger partial charge is 0.344 e. The van der Waals surface area contributed by atoms with Crippen LogP contribution in [0.25, 0.3) is 6.08 Å². The van der Waals surface area contributed by atoms with Crippen molar-refractivity contribution in [3.8, 4) is 5.75 Å². The summed E-state index contributed by atoms with van der Waals surface area (Å²) >= 11 is 3.36. The Balaban J connectivity index is 1.78. The molecule has 0 bridgehead atoms. The van der Waals surface area contributed by atoms with E-state index in [2.05, 4.69) is 21.2 Å². The fraction of sp³-hybridized carbons (Fsp3) is 0.429. The Bertz CT molecular complexity index is 891. The van der Waals surface area contributed by atoms with Crippen molar-refractivity contribution >= 4 is 45.8 Å². The Labute approximate surface area is 182 Å². The number of rotatable bonds is 6. The largest absolute Gasteiger partial charge is 0.481 e. The molecule has 1 saturated carbocycles. The molecule has 0 spiro atoms. The number of nitrogens with one attached hydrogen (secondary N) is 1. The van der Waals surface area contributed by atoms with Gasteiger partial charge in [0.05, 0.1) is 11.1 Å². The Hall–Kier alpha value is -2.68. The van der Waals surface area contributed by atoms with E-state index in [1.165, 1.54) is 11.0 Å². The molecule has 4 amide bonds. The predicted molar refractivity (Wildman–Crippen MR) is 112 cm³/mol. The lowest BCUT2D eigenvalue weighted by atomic mass is 9.93. The number of ether oxygens (including phenoxy) is 2. The number of hydrogen-bond donors (Lipinski definition) is 1. The van der Waals surface area contributed by atoms with Gasteiger partial charge in [0.2, 0.25) is 0 Å². The van der Waals surface area contributed by atoms with Crippen LogP contribution in [0, 0.1) is 0 Å². The minimum atomic E-state index is -0.712. The molecule has 1 saturated heterocycles. The summed E-state index contributed by atoms with van der Waals surface area (Å²) in [6.45, 7) is 1.75. The van der Waals surface area contributed by atoms with Crippen LogP contribution < -0.4 is 10.1 Å². The zero-order chi connectivity index (χ0) is 21.7. The van der Waals surface area contributed by atoms with Crippen molar-refractivity contribution in [1.29, 1.82) is 0 Å². The molecule has 1 aliphatic carbocycles. The van der Waals surface area contributed by atoms with Crippen molar-refractivity contribution in [1.82, 2.24) is 10.2 Å². The maximum atomic E-state index is 12.9. The van der Waals surface area contributed by atoms with E-state index < -0.39 is 23.8 Å². The Morgan fingerprint density at radius 2 is 1.97 bits per heavy atom. The van der Waals surface area contributed by atoms with E-state index in [0.29, 0.717) is 15.8 Å². The summed E-state index contributed by atoms with van der Waals surface area (Å²) in [5.74, 6) is -1.35. The molecule has 0 radical (unpaired) electrons. The Kier molecular flexibility index (Phi) is 7.25. The van der Waals surface area contributed by atoms with Gasteiger partial charge in [-0.25, -0.2) is 9.59 Å². The third kappa shape index (κ3) is 5.08. The van der Waals surface area contributed by atoms with Crippen molar-refractivity contribution in [3.05, 3.63) is 33.8 Å². The average Bonchev–Trinajstić information content (AvgIpc) is 2.71. The molecule has 2 aliphatic rings. The number of hydrogen-bond acceptors (Lipinski definition) is 6. The van der Waals surface area contributed by atoms with Gasteiger partial charge in [-0.3, -0.25) is 19.8 Å². The molecule has 0 atom stereocenters. The predicted octanol–water partition coefficient (Wildman–Crippen LogP) is 3.19. The summed E-state index contributed by atoms with van der Waals surface area (Å²) in [5, 5.41) is 2.27. The highest BCUT2D eigenvalue weighted by atomic mass is 79.9. The number of amides is 4.